The maximum Gasteiger partial charge on any atom is 0.115 e. The molecule has 0 aliphatic rings. The largest absolute Gasteiger partial charge is 0.508 e. The molecule has 0 bridgehead atoms. The van der Waals surface area contributed by atoms with E-state index in [2.05, 4.69) is 12.6 Å². The molecule has 2 heteroatoms. The first kappa shape index (κ1) is 8.47. The quantitative estimate of drug-likeness (QED) is 0.649. The van der Waals surface area contributed by atoms with E-state index in [0.29, 0.717) is 11.0 Å². The predicted molar refractivity (Wildman–Crippen MR) is 50.3 cm³/mol. The molecule has 1 N–H and O–H groups in total. The Bertz CT molecular complexity index is 233. The second-order valence-corrected chi connectivity index (χ2v) is 3.60. The van der Waals surface area contributed by atoms with Crippen molar-refractivity contribution in [3.63, 3.8) is 0 Å². The lowest BCUT2D eigenvalue weighted by Gasteiger charge is -2.03. The first-order chi connectivity index (χ1) is 5.18. The Morgan fingerprint density at radius 3 is 2.82 bits per heavy atom. The van der Waals surface area contributed by atoms with Crippen LogP contribution in [0.4, 0.5) is 0 Å². The molecule has 0 aliphatic carbocycles. The van der Waals surface area contributed by atoms with E-state index in [9.17, 15) is 0 Å². The monoisotopic (exact) mass is 168 g/mol. The van der Waals surface area contributed by atoms with Crippen molar-refractivity contribution in [1.29, 1.82) is 0 Å². The van der Waals surface area contributed by atoms with Gasteiger partial charge in [0.15, 0.2) is 0 Å². The van der Waals surface area contributed by atoms with Crippen LogP contribution in [0.25, 0.3) is 0 Å². The molecule has 11 heavy (non-hydrogen) atoms. The van der Waals surface area contributed by atoms with E-state index in [0.717, 1.165) is 12.0 Å². The lowest BCUT2D eigenvalue weighted by molar-refractivity contribution is 0.474. The SMILES string of the molecule is CC(S)Cc1cccc(O)c1. The van der Waals surface area contributed by atoms with Crippen molar-refractivity contribution in [2.75, 3.05) is 0 Å². The zero-order valence-electron chi connectivity index (χ0n) is 6.49. The Kier molecular flexibility index (Phi) is 2.83. The summed E-state index contributed by atoms with van der Waals surface area (Å²) in [5.74, 6) is 0.330. The molecule has 0 heterocycles. The van der Waals surface area contributed by atoms with Gasteiger partial charge in [-0.2, -0.15) is 12.6 Å². The van der Waals surface area contributed by atoms with Gasteiger partial charge in [-0.3, -0.25) is 0 Å². The average Bonchev–Trinajstić information content (AvgIpc) is 1.85. The summed E-state index contributed by atoms with van der Waals surface area (Å²) >= 11 is 4.26. The fourth-order valence-corrected chi connectivity index (χ4v) is 1.24. The molecule has 1 aromatic carbocycles. The minimum absolute atomic E-state index is 0.330. The van der Waals surface area contributed by atoms with Crippen molar-refractivity contribution in [2.24, 2.45) is 0 Å². The lowest BCUT2D eigenvalue weighted by atomic mass is 10.1. The number of phenolic OH excluding ortho intramolecular Hbond substituents is 1. The summed E-state index contributed by atoms with van der Waals surface area (Å²) in [4.78, 5) is 0. The fourth-order valence-electron chi connectivity index (χ4n) is 1.02. The van der Waals surface area contributed by atoms with Gasteiger partial charge in [0.05, 0.1) is 0 Å². The molecule has 0 aliphatic heterocycles. The van der Waals surface area contributed by atoms with E-state index in [1.807, 2.05) is 19.1 Å². The van der Waals surface area contributed by atoms with Gasteiger partial charge in [0.1, 0.15) is 5.75 Å². The van der Waals surface area contributed by atoms with Crippen molar-refractivity contribution in [3.05, 3.63) is 29.8 Å². The van der Waals surface area contributed by atoms with Crippen LogP contribution in [0.3, 0.4) is 0 Å². The number of hydrogen-bond acceptors (Lipinski definition) is 2. The van der Waals surface area contributed by atoms with Crippen LogP contribution in [0.1, 0.15) is 12.5 Å². The summed E-state index contributed by atoms with van der Waals surface area (Å²) in [6.45, 7) is 2.03. The third-order valence-electron chi connectivity index (χ3n) is 1.44. The average molecular weight is 168 g/mol. The minimum atomic E-state index is 0.330. The second-order valence-electron chi connectivity index (χ2n) is 2.72. The summed E-state index contributed by atoms with van der Waals surface area (Å²) in [7, 11) is 0. The summed E-state index contributed by atoms with van der Waals surface area (Å²) in [5, 5.41) is 9.45. The van der Waals surface area contributed by atoms with Crippen LogP contribution in [0, 0.1) is 0 Å². The third kappa shape index (κ3) is 2.85. The maximum atomic E-state index is 9.10. The highest BCUT2D eigenvalue weighted by Crippen LogP contribution is 2.13. The van der Waals surface area contributed by atoms with Crippen LogP contribution in [-0.2, 0) is 6.42 Å². The van der Waals surface area contributed by atoms with Gasteiger partial charge in [-0.05, 0) is 24.1 Å². The van der Waals surface area contributed by atoms with Crippen LogP contribution >= 0.6 is 12.6 Å². The predicted octanol–water partition coefficient (Wildman–Crippen LogP) is 2.25. The lowest BCUT2D eigenvalue weighted by Crippen LogP contribution is -1.96. The van der Waals surface area contributed by atoms with Gasteiger partial charge in [0, 0.05) is 5.25 Å². The van der Waals surface area contributed by atoms with Crippen LogP contribution in [0.5, 0.6) is 5.75 Å². The van der Waals surface area contributed by atoms with Crippen LogP contribution < -0.4 is 0 Å². The Balaban J connectivity index is 2.71. The number of thiol groups is 1. The van der Waals surface area contributed by atoms with Gasteiger partial charge in [-0.25, -0.2) is 0 Å². The van der Waals surface area contributed by atoms with E-state index in [-0.39, 0.29) is 0 Å². The van der Waals surface area contributed by atoms with Gasteiger partial charge < -0.3 is 5.11 Å². The molecule has 0 spiro atoms. The Labute approximate surface area is 72.5 Å². The molecular weight excluding hydrogens is 156 g/mol. The van der Waals surface area contributed by atoms with E-state index in [1.54, 1.807) is 12.1 Å². The molecule has 1 atom stereocenters. The van der Waals surface area contributed by atoms with Gasteiger partial charge in [0.2, 0.25) is 0 Å². The first-order valence-corrected chi connectivity index (χ1v) is 4.16. The number of phenols is 1. The van der Waals surface area contributed by atoms with Crippen molar-refractivity contribution in [1.82, 2.24) is 0 Å². The molecule has 0 amide bonds. The fraction of sp³-hybridized carbons (Fsp3) is 0.333. The third-order valence-corrected chi connectivity index (χ3v) is 1.62. The summed E-state index contributed by atoms with van der Waals surface area (Å²) in [6, 6.07) is 7.28. The summed E-state index contributed by atoms with van der Waals surface area (Å²) in [6.07, 6.45) is 0.900. The Hall–Kier alpha value is -0.630. The molecule has 0 aromatic heterocycles. The molecule has 0 radical (unpaired) electrons. The summed E-state index contributed by atoms with van der Waals surface area (Å²) < 4.78 is 0. The Morgan fingerprint density at radius 2 is 2.27 bits per heavy atom. The molecule has 1 aromatic rings. The van der Waals surface area contributed by atoms with Gasteiger partial charge in [0.25, 0.3) is 0 Å². The standard InChI is InChI=1S/C9H12OS/c1-7(11)5-8-3-2-4-9(10)6-8/h2-4,6-7,10-11H,5H2,1H3. The topological polar surface area (TPSA) is 20.2 Å². The number of benzene rings is 1. The molecule has 0 saturated carbocycles. The Morgan fingerprint density at radius 1 is 1.55 bits per heavy atom. The van der Waals surface area contributed by atoms with Gasteiger partial charge >= 0.3 is 0 Å². The zero-order valence-corrected chi connectivity index (χ0v) is 7.38. The van der Waals surface area contributed by atoms with Crippen LogP contribution in [-0.4, -0.2) is 10.4 Å². The van der Waals surface area contributed by atoms with E-state index in [1.165, 1.54) is 0 Å². The molecule has 1 unspecified atom stereocenters. The highest BCUT2D eigenvalue weighted by molar-refractivity contribution is 7.80. The van der Waals surface area contributed by atoms with Crippen molar-refractivity contribution in [3.8, 4) is 5.75 Å². The molecule has 0 fully saturated rings. The van der Waals surface area contributed by atoms with Crippen LogP contribution in [0.2, 0.25) is 0 Å². The van der Waals surface area contributed by atoms with Crippen LogP contribution in [0.15, 0.2) is 24.3 Å². The highest BCUT2D eigenvalue weighted by atomic mass is 32.1. The zero-order chi connectivity index (χ0) is 8.27. The minimum Gasteiger partial charge on any atom is -0.508 e. The smallest absolute Gasteiger partial charge is 0.115 e. The van der Waals surface area contributed by atoms with Gasteiger partial charge in [-0.1, -0.05) is 19.1 Å². The molecule has 1 nitrogen and oxygen atoms in total. The van der Waals surface area contributed by atoms with Crippen molar-refractivity contribution < 1.29 is 5.11 Å². The summed E-state index contributed by atoms with van der Waals surface area (Å²) in [5.41, 5.74) is 1.13. The normalized spacial score (nSPS) is 12.9. The number of hydrogen-bond donors (Lipinski definition) is 2. The first-order valence-electron chi connectivity index (χ1n) is 3.64. The van der Waals surface area contributed by atoms with Gasteiger partial charge in [-0.15, -0.1) is 0 Å². The van der Waals surface area contributed by atoms with E-state index < -0.39 is 0 Å². The number of aromatic hydroxyl groups is 1. The molecule has 0 saturated heterocycles. The van der Waals surface area contributed by atoms with E-state index in [4.69, 9.17) is 5.11 Å². The van der Waals surface area contributed by atoms with Crippen molar-refractivity contribution >= 4 is 12.6 Å². The molecular formula is C9H12OS. The maximum absolute atomic E-state index is 9.10. The molecule has 1 rings (SSSR count). The van der Waals surface area contributed by atoms with E-state index >= 15 is 0 Å². The number of rotatable bonds is 2. The van der Waals surface area contributed by atoms with Crippen molar-refractivity contribution in [2.45, 2.75) is 18.6 Å². The second kappa shape index (κ2) is 3.67. The molecule has 60 valence electrons. The highest BCUT2D eigenvalue weighted by Gasteiger charge is 1.97.